The van der Waals surface area contributed by atoms with E-state index in [0.717, 1.165) is 17.7 Å². The summed E-state index contributed by atoms with van der Waals surface area (Å²) in [5.41, 5.74) is 1.14. The molecule has 1 amide bonds. The normalized spacial score (nSPS) is 13.2. The Hall–Kier alpha value is -1.72. The Morgan fingerprint density at radius 1 is 1.53 bits per heavy atom. The predicted molar refractivity (Wildman–Crippen MR) is 72.5 cm³/mol. The summed E-state index contributed by atoms with van der Waals surface area (Å²) in [4.78, 5) is 12.9. The Morgan fingerprint density at radius 3 is 2.47 bits per heavy atom. The lowest BCUT2D eigenvalue weighted by Crippen LogP contribution is -2.46. The van der Waals surface area contributed by atoms with E-state index in [0.29, 0.717) is 5.88 Å². The lowest BCUT2D eigenvalue weighted by molar-refractivity contribution is 0.0738. The van der Waals surface area contributed by atoms with Gasteiger partial charge in [-0.05, 0) is 34.1 Å². The molecule has 0 saturated heterocycles. The third-order valence-corrected chi connectivity index (χ3v) is 3.13. The van der Waals surface area contributed by atoms with Crippen LogP contribution in [0, 0.1) is 0 Å². The van der Waals surface area contributed by atoms with Crippen molar-refractivity contribution < 1.29 is 14.6 Å². The van der Waals surface area contributed by atoms with Crippen LogP contribution in [-0.2, 0) is 6.42 Å². The van der Waals surface area contributed by atoms with Gasteiger partial charge in [0.05, 0.1) is 18.8 Å². The second kappa shape index (κ2) is 5.50. The smallest absolute Gasteiger partial charge is 0.408 e. The van der Waals surface area contributed by atoms with E-state index in [9.17, 15) is 9.90 Å². The van der Waals surface area contributed by atoms with E-state index in [4.69, 9.17) is 4.74 Å². The minimum Gasteiger partial charge on any atom is -0.481 e. The summed E-state index contributed by atoms with van der Waals surface area (Å²) in [6.07, 6.45) is -0.222. The van der Waals surface area contributed by atoms with E-state index in [1.165, 1.54) is 4.90 Å². The zero-order valence-electron chi connectivity index (χ0n) is 12.4. The van der Waals surface area contributed by atoms with Gasteiger partial charge in [0.15, 0.2) is 0 Å². The lowest BCUT2D eigenvalue weighted by Gasteiger charge is -2.37. The number of amides is 1. The fraction of sp³-hybridized carbons (Fsp3) is 0.692. The molecule has 0 radical (unpaired) electrons. The number of aromatic nitrogens is 2. The van der Waals surface area contributed by atoms with Gasteiger partial charge in [-0.15, -0.1) is 0 Å². The van der Waals surface area contributed by atoms with Crippen LogP contribution >= 0.6 is 0 Å². The van der Waals surface area contributed by atoms with Crippen LogP contribution in [0.2, 0.25) is 0 Å². The maximum absolute atomic E-state index is 11.5. The Kier molecular flexibility index (Phi) is 4.44. The van der Waals surface area contributed by atoms with Crippen LogP contribution in [0.4, 0.5) is 4.79 Å². The third kappa shape index (κ3) is 3.00. The average molecular weight is 269 g/mol. The zero-order valence-corrected chi connectivity index (χ0v) is 12.4. The van der Waals surface area contributed by atoms with Gasteiger partial charge in [0.1, 0.15) is 0 Å². The minimum absolute atomic E-state index is 0.340. The van der Waals surface area contributed by atoms with Gasteiger partial charge in [0.25, 0.3) is 0 Å². The molecule has 1 heterocycles. The molecule has 6 nitrogen and oxygen atoms in total. The van der Waals surface area contributed by atoms with Gasteiger partial charge in [-0.2, -0.15) is 5.10 Å². The van der Waals surface area contributed by atoms with Crippen LogP contribution in [0.1, 0.15) is 51.9 Å². The van der Waals surface area contributed by atoms with Gasteiger partial charge < -0.3 is 9.84 Å². The highest BCUT2D eigenvalue weighted by molar-refractivity contribution is 5.66. The van der Waals surface area contributed by atoms with Crippen molar-refractivity contribution in [3.8, 4) is 5.88 Å². The van der Waals surface area contributed by atoms with Crippen molar-refractivity contribution in [3.63, 3.8) is 0 Å². The summed E-state index contributed by atoms with van der Waals surface area (Å²) >= 11 is 0. The Bertz CT molecular complexity index is 448. The summed E-state index contributed by atoms with van der Waals surface area (Å²) in [5, 5.41) is 16.5. The molecule has 0 fully saturated rings. The summed E-state index contributed by atoms with van der Waals surface area (Å²) < 4.78 is 5.21. The Morgan fingerprint density at radius 2 is 2.11 bits per heavy atom. The predicted octanol–water partition coefficient (Wildman–Crippen LogP) is 2.82. The minimum atomic E-state index is -0.955. The molecular formula is C13H23N3O3. The number of nitrogens with one attached hydrogen (secondary N) is 1. The molecule has 1 rings (SSSR count). The number of ether oxygens (including phenoxy) is 1. The number of hydrogen-bond donors (Lipinski definition) is 2. The maximum Gasteiger partial charge on any atom is 0.408 e. The highest BCUT2D eigenvalue weighted by atomic mass is 16.5. The van der Waals surface area contributed by atoms with Gasteiger partial charge in [-0.25, -0.2) is 9.89 Å². The van der Waals surface area contributed by atoms with E-state index in [2.05, 4.69) is 10.2 Å². The summed E-state index contributed by atoms with van der Waals surface area (Å²) in [6, 6.07) is -0.340. The first kappa shape index (κ1) is 15.3. The second-order valence-electron chi connectivity index (χ2n) is 5.47. The van der Waals surface area contributed by atoms with E-state index in [-0.39, 0.29) is 6.04 Å². The van der Waals surface area contributed by atoms with Crippen LogP contribution < -0.4 is 4.74 Å². The molecule has 6 heteroatoms. The van der Waals surface area contributed by atoms with E-state index in [1.807, 2.05) is 34.6 Å². The highest BCUT2D eigenvalue weighted by Gasteiger charge is 2.34. The molecule has 1 aromatic heterocycles. The summed E-state index contributed by atoms with van der Waals surface area (Å²) in [6.45, 7) is 9.44. The van der Waals surface area contributed by atoms with Gasteiger partial charge in [-0.1, -0.05) is 6.92 Å². The van der Waals surface area contributed by atoms with Crippen molar-refractivity contribution in [1.82, 2.24) is 15.1 Å². The molecule has 2 N–H and O–H groups in total. The standard InChI is InChI=1S/C13H23N3O3/c1-7-9-10(14-15-11(9)19-6)8(2)16(12(17)18)13(3,4)5/h8H,7H2,1-6H3,(H,14,15)(H,17,18). The molecule has 0 aliphatic carbocycles. The van der Waals surface area contributed by atoms with E-state index in [1.54, 1.807) is 7.11 Å². The van der Waals surface area contributed by atoms with Crippen molar-refractivity contribution in [2.75, 3.05) is 7.11 Å². The molecule has 1 aromatic rings. The lowest BCUT2D eigenvalue weighted by atomic mass is 10.0. The first-order chi connectivity index (χ1) is 8.73. The van der Waals surface area contributed by atoms with Crippen LogP contribution in [-0.4, -0.2) is 38.9 Å². The molecule has 108 valence electrons. The molecule has 0 aromatic carbocycles. The van der Waals surface area contributed by atoms with Gasteiger partial charge in [-0.3, -0.25) is 4.90 Å². The number of H-pyrrole nitrogens is 1. The van der Waals surface area contributed by atoms with Crippen molar-refractivity contribution in [1.29, 1.82) is 0 Å². The van der Waals surface area contributed by atoms with Gasteiger partial charge in [0, 0.05) is 11.1 Å². The quantitative estimate of drug-likeness (QED) is 0.881. The molecule has 0 spiro atoms. The largest absolute Gasteiger partial charge is 0.481 e. The molecular weight excluding hydrogens is 246 g/mol. The van der Waals surface area contributed by atoms with Crippen molar-refractivity contribution >= 4 is 6.09 Å². The van der Waals surface area contributed by atoms with E-state index < -0.39 is 11.6 Å². The molecule has 19 heavy (non-hydrogen) atoms. The highest BCUT2D eigenvalue weighted by Crippen LogP contribution is 2.32. The fourth-order valence-corrected chi connectivity index (χ4v) is 2.37. The molecule has 1 unspecified atom stereocenters. The number of rotatable bonds is 4. The first-order valence-electron chi connectivity index (χ1n) is 6.37. The van der Waals surface area contributed by atoms with Crippen LogP contribution in [0.25, 0.3) is 0 Å². The topological polar surface area (TPSA) is 78.5 Å². The molecule has 1 atom stereocenters. The third-order valence-electron chi connectivity index (χ3n) is 3.13. The second-order valence-corrected chi connectivity index (χ2v) is 5.47. The fourth-order valence-electron chi connectivity index (χ4n) is 2.37. The Labute approximate surface area is 113 Å². The molecule has 0 saturated carbocycles. The number of hydrogen-bond acceptors (Lipinski definition) is 3. The zero-order chi connectivity index (χ0) is 14.8. The average Bonchev–Trinajstić information content (AvgIpc) is 2.68. The first-order valence-corrected chi connectivity index (χ1v) is 6.37. The van der Waals surface area contributed by atoms with Crippen molar-refractivity contribution in [3.05, 3.63) is 11.3 Å². The van der Waals surface area contributed by atoms with Crippen molar-refractivity contribution in [2.45, 2.75) is 52.6 Å². The van der Waals surface area contributed by atoms with Crippen LogP contribution in [0.5, 0.6) is 5.88 Å². The Balaban J connectivity index is 3.21. The van der Waals surface area contributed by atoms with Crippen LogP contribution in [0.3, 0.4) is 0 Å². The number of carboxylic acid groups (broad SMARTS) is 1. The van der Waals surface area contributed by atoms with Crippen LogP contribution in [0.15, 0.2) is 0 Å². The molecule has 0 bridgehead atoms. The van der Waals surface area contributed by atoms with Gasteiger partial charge in [0.2, 0.25) is 5.88 Å². The SMILES string of the molecule is CCc1c(C(C)N(C(=O)O)C(C)(C)C)n[nH]c1OC. The maximum atomic E-state index is 11.5. The number of nitrogens with zero attached hydrogens (tertiary/aromatic N) is 2. The molecule has 0 aliphatic heterocycles. The number of carbonyl (C=O) groups is 1. The van der Waals surface area contributed by atoms with Gasteiger partial charge >= 0.3 is 6.09 Å². The summed E-state index contributed by atoms with van der Waals surface area (Å²) in [5.74, 6) is 0.601. The van der Waals surface area contributed by atoms with E-state index >= 15 is 0 Å². The monoisotopic (exact) mass is 269 g/mol. The summed E-state index contributed by atoms with van der Waals surface area (Å²) in [7, 11) is 1.57. The number of aromatic amines is 1. The van der Waals surface area contributed by atoms with Crippen molar-refractivity contribution in [2.24, 2.45) is 0 Å². The number of methoxy groups -OCH3 is 1. The molecule has 0 aliphatic rings.